The van der Waals surface area contributed by atoms with E-state index in [0.29, 0.717) is 0 Å². The van der Waals surface area contributed by atoms with E-state index in [9.17, 15) is 0 Å². The van der Waals surface area contributed by atoms with Gasteiger partial charge in [0.25, 0.3) is 0 Å². The predicted octanol–water partition coefficient (Wildman–Crippen LogP) is 13.3. The van der Waals surface area contributed by atoms with Gasteiger partial charge >= 0.3 is 0 Å². The minimum Gasteiger partial charge on any atom is -0.456 e. The molecule has 0 saturated heterocycles. The van der Waals surface area contributed by atoms with Crippen LogP contribution in [-0.2, 0) is 0 Å². The minimum absolute atomic E-state index is 0.872. The summed E-state index contributed by atoms with van der Waals surface area (Å²) in [4.78, 5) is 10.9. The Bertz CT molecular complexity index is 3140. The zero-order valence-electron chi connectivity index (χ0n) is 27.2. The lowest BCUT2D eigenvalue weighted by Crippen LogP contribution is -2.10. The van der Waals surface area contributed by atoms with Crippen LogP contribution in [0.1, 0.15) is 0 Å². The maximum atomic E-state index is 6.61. The van der Waals surface area contributed by atoms with Crippen LogP contribution in [0.5, 0.6) is 0 Å². The van der Waals surface area contributed by atoms with Crippen molar-refractivity contribution in [1.82, 2.24) is 9.97 Å². The van der Waals surface area contributed by atoms with E-state index in [1.165, 1.54) is 52.5 Å². The van der Waals surface area contributed by atoms with Crippen molar-refractivity contribution in [3.63, 3.8) is 0 Å². The van der Waals surface area contributed by atoms with Crippen LogP contribution in [-0.4, -0.2) is 9.97 Å². The van der Waals surface area contributed by atoms with E-state index >= 15 is 0 Å². The van der Waals surface area contributed by atoms with Crippen molar-refractivity contribution in [2.24, 2.45) is 0 Å². The molecule has 238 valence electrons. The molecule has 3 aromatic heterocycles. The maximum Gasteiger partial charge on any atom is 0.136 e. The van der Waals surface area contributed by atoms with Crippen LogP contribution in [0.3, 0.4) is 0 Å². The van der Waals surface area contributed by atoms with Gasteiger partial charge < -0.3 is 9.32 Å². The average Bonchev–Trinajstić information content (AvgIpc) is 3.76. The third-order valence-electron chi connectivity index (χ3n) is 10.2. The fourth-order valence-corrected chi connectivity index (χ4v) is 9.09. The highest BCUT2D eigenvalue weighted by Gasteiger charge is 2.20. The Morgan fingerprint density at radius 1 is 0.431 bits per heavy atom. The van der Waals surface area contributed by atoms with Gasteiger partial charge in [-0.25, -0.2) is 9.97 Å². The minimum atomic E-state index is 0.872. The lowest BCUT2D eigenvalue weighted by atomic mass is 9.93. The molecule has 0 fully saturated rings. The Kier molecular flexibility index (Phi) is 6.09. The van der Waals surface area contributed by atoms with E-state index in [1.807, 2.05) is 23.7 Å². The van der Waals surface area contributed by atoms with E-state index in [0.717, 1.165) is 50.1 Å². The standard InChI is InChI=1S/C46H27N3OS/c1-3-10-34-32(8-1)33-9-2-4-11-35(33)39-24-44-41(23-38(34)39)40-22-31(20-21-43(40)50-44)49(30-18-16-28(17-19-30)29-25-47-27-48-26-29)42-14-7-13-37-36-12-5-6-15-45(36)51-46(37)42/h1-27H. The van der Waals surface area contributed by atoms with E-state index in [-0.39, 0.29) is 0 Å². The quantitative estimate of drug-likeness (QED) is 0.175. The molecule has 0 amide bonds. The second-order valence-electron chi connectivity index (χ2n) is 13.0. The van der Waals surface area contributed by atoms with Crippen molar-refractivity contribution in [2.45, 2.75) is 0 Å². The molecule has 8 aromatic carbocycles. The molecule has 0 N–H and O–H groups in total. The fraction of sp³-hybridized carbons (Fsp3) is 0. The third kappa shape index (κ3) is 4.32. The molecule has 0 saturated carbocycles. The van der Waals surface area contributed by atoms with Gasteiger partial charge in [-0.15, -0.1) is 11.3 Å². The summed E-state index contributed by atoms with van der Waals surface area (Å²) in [5, 5.41) is 12.2. The molecular weight excluding hydrogens is 643 g/mol. The van der Waals surface area contributed by atoms with Crippen LogP contribution >= 0.6 is 11.3 Å². The van der Waals surface area contributed by atoms with Crippen LogP contribution in [0.15, 0.2) is 169 Å². The zero-order valence-corrected chi connectivity index (χ0v) is 28.1. The molecule has 0 aliphatic heterocycles. The summed E-state index contributed by atoms with van der Waals surface area (Å²) in [6.07, 6.45) is 5.27. The summed E-state index contributed by atoms with van der Waals surface area (Å²) >= 11 is 1.84. The number of anilines is 3. The van der Waals surface area contributed by atoms with Gasteiger partial charge in [-0.3, -0.25) is 0 Å². The molecule has 0 spiro atoms. The van der Waals surface area contributed by atoms with Gasteiger partial charge in [0.15, 0.2) is 0 Å². The van der Waals surface area contributed by atoms with Crippen molar-refractivity contribution in [2.75, 3.05) is 4.90 Å². The normalized spacial score (nSPS) is 11.9. The number of hydrogen-bond donors (Lipinski definition) is 0. The van der Waals surface area contributed by atoms with E-state index in [4.69, 9.17) is 4.42 Å². The van der Waals surface area contributed by atoms with Crippen molar-refractivity contribution in [3.05, 3.63) is 164 Å². The Labute approximate surface area is 296 Å². The van der Waals surface area contributed by atoms with Gasteiger partial charge in [0.1, 0.15) is 17.5 Å². The molecule has 5 heteroatoms. The largest absolute Gasteiger partial charge is 0.456 e. The first-order valence-corrected chi connectivity index (χ1v) is 17.9. The molecule has 4 nitrogen and oxygen atoms in total. The highest BCUT2D eigenvalue weighted by atomic mass is 32.1. The van der Waals surface area contributed by atoms with Gasteiger partial charge in [0.2, 0.25) is 0 Å². The van der Waals surface area contributed by atoms with Crippen molar-refractivity contribution < 1.29 is 4.42 Å². The highest BCUT2D eigenvalue weighted by molar-refractivity contribution is 7.26. The number of hydrogen-bond acceptors (Lipinski definition) is 5. The molecule has 0 aliphatic rings. The van der Waals surface area contributed by atoms with Crippen molar-refractivity contribution in [3.8, 4) is 11.1 Å². The first kappa shape index (κ1) is 28.3. The van der Waals surface area contributed by atoms with Gasteiger partial charge in [0, 0.05) is 55.6 Å². The van der Waals surface area contributed by atoms with Gasteiger partial charge in [0.05, 0.1) is 10.4 Å². The summed E-state index contributed by atoms with van der Waals surface area (Å²) in [6, 6.07) is 52.6. The third-order valence-corrected chi connectivity index (χ3v) is 11.4. The Balaban J connectivity index is 1.16. The molecule has 3 heterocycles. The first-order valence-electron chi connectivity index (χ1n) is 17.0. The van der Waals surface area contributed by atoms with E-state index in [2.05, 4.69) is 160 Å². The van der Waals surface area contributed by atoms with Crippen LogP contribution in [0.2, 0.25) is 0 Å². The van der Waals surface area contributed by atoms with Crippen LogP contribution in [0.4, 0.5) is 17.1 Å². The Morgan fingerprint density at radius 2 is 1.04 bits per heavy atom. The van der Waals surface area contributed by atoms with Gasteiger partial charge in [-0.05, 0) is 92.5 Å². The lowest BCUT2D eigenvalue weighted by Gasteiger charge is -2.26. The van der Waals surface area contributed by atoms with Crippen molar-refractivity contribution >= 4 is 103 Å². The number of aromatic nitrogens is 2. The number of rotatable bonds is 4. The molecule has 11 aromatic rings. The monoisotopic (exact) mass is 669 g/mol. The molecule has 0 atom stereocenters. The first-order chi connectivity index (χ1) is 25.3. The Hall–Kier alpha value is -6.56. The molecular formula is C46H27N3OS. The molecule has 0 unspecified atom stereocenters. The summed E-state index contributed by atoms with van der Waals surface area (Å²) in [7, 11) is 0. The molecule has 51 heavy (non-hydrogen) atoms. The van der Waals surface area contributed by atoms with Gasteiger partial charge in [-0.2, -0.15) is 0 Å². The van der Waals surface area contributed by atoms with E-state index in [1.54, 1.807) is 6.33 Å². The fourth-order valence-electron chi connectivity index (χ4n) is 7.89. The van der Waals surface area contributed by atoms with Crippen LogP contribution in [0, 0.1) is 0 Å². The van der Waals surface area contributed by atoms with E-state index < -0.39 is 0 Å². The number of thiophene rings is 1. The summed E-state index contributed by atoms with van der Waals surface area (Å²) in [5.41, 5.74) is 7.09. The SMILES string of the molecule is c1ccc2c(c1)sc1c(N(c3ccc(-c4cncnc4)cc3)c3ccc4oc5cc6c7ccccc7c7ccccc7c6cc5c4c3)cccc12. The second kappa shape index (κ2) is 11.0. The number of fused-ring (bicyclic) bond motifs is 12. The van der Waals surface area contributed by atoms with Gasteiger partial charge in [-0.1, -0.05) is 91.0 Å². The smallest absolute Gasteiger partial charge is 0.136 e. The average molecular weight is 670 g/mol. The summed E-state index contributed by atoms with van der Waals surface area (Å²) in [5.74, 6) is 0. The predicted molar refractivity (Wildman–Crippen MR) is 215 cm³/mol. The lowest BCUT2D eigenvalue weighted by molar-refractivity contribution is 0.669. The molecule has 0 radical (unpaired) electrons. The number of benzene rings is 8. The molecule has 0 bridgehead atoms. The molecule has 0 aliphatic carbocycles. The van der Waals surface area contributed by atoms with Crippen LogP contribution in [0.25, 0.3) is 85.6 Å². The second-order valence-corrected chi connectivity index (χ2v) is 14.1. The van der Waals surface area contributed by atoms with Crippen LogP contribution < -0.4 is 4.90 Å². The summed E-state index contributed by atoms with van der Waals surface area (Å²) < 4.78 is 9.14. The zero-order chi connectivity index (χ0) is 33.5. The highest BCUT2D eigenvalue weighted by Crippen LogP contribution is 2.47. The Morgan fingerprint density at radius 3 is 1.78 bits per heavy atom. The molecule has 11 rings (SSSR count). The number of furan rings is 1. The summed E-state index contributed by atoms with van der Waals surface area (Å²) in [6.45, 7) is 0. The number of nitrogens with zero attached hydrogens (tertiary/aromatic N) is 3. The maximum absolute atomic E-state index is 6.61. The topological polar surface area (TPSA) is 42.2 Å². The van der Waals surface area contributed by atoms with Crippen molar-refractivity contribution in [1.29, 1.82) is 0 Å².